The van der Waals surface area contributed by atoms with E-state index in [4.69, 9.17) is 11.6 Å². The Balaban J connectivity index is 1.25. The molecular weight excluding hydrogens is 496 g/mol. The van der Waals surface area contributed by atoms with Gasteiger partial charge in [-0.25, -0.2) is 0 Å². The van der Waals surface area contributed by atoms with Gasteiger partial charge in [0.25, 0.3) is 5.91 Å². The molecule has 1 spiro atoms. The first-order valence-corrected chi connectivity index (χ1v) is 14.0. The van der Waals surface area contributed by atoms with Gasteiger partial charge in [0.15, 0.2) is 5.78 Å². The molecule has 6 nitrogen and oxygen atoms in total. The number of nitrogens with one attached hydrogen (secondary N) is 2. The Labute approximate surface area is 228 Å². The zero-order valence-corrected chi connectivity index (χ0v) is 22.2. The van der Waals surface area contributed by atoms with Crippen molar-refractivity contribution >= 4 is 29.0 Å². The first kappa shape index (κ1) is 25.1. The van der Waals surface area contributed by atoms with Crippen molar-refractivity contribution in [2.24, 2.45) is 11.3 Å². The molecule has 1 amide bonds. The first-order valence-electron chi connectivity index (χ1n) is 13.6. The number of anilines is 1. The van der Waals surface area contributed by atoms with Crippen LogP contribution >= 0.6 is 11.6 Å². The van der Waals surface area contributed by atoms with E-state index in [0.717, 1.165) is 62.9 Å². The summed E-state index contributed by atoms with van der Waals surface area (Å²) in [6.07, 6.45) is 8.46. The number of pyridine rings is 1. The van der Waals surface area contributed by atoms with Crippen molar-refractivity contribution in [3.8, 4) is 0 Å². The molecule has 1 aliphatic carbocycles. The summed E-state index contributed by atoms with van der Waals surface area (Å²) in [4.78, 5) is 33.7. The molecule has 3 aromatic rings. The molecule has 7 heteroatoms. The molecule has 2 unspecified atom stereocenters. The van der Waals surface area contributed by atoms with Crippen LogP contribution in [0.3, 0.4) is 0 Å². The number of aryl methyl sites for hydroxylation is 1. The van der Waals surface area contributed by atoms with Gasteiger partial charge in [-0.05, 0) is 80.1 Å². The minimum atomic E-state index is -0.178. The van der Waals surface area contributed by atoms with Gasteiger partial charge in [0, 0.05) is 54.6 Å². The number of hydrogen-bond donors (Lipinski definition) is 2. The maximum absolute atomic E-state index is 14.1. The summed E-state index contributed by atoms with van der Waals surface area (Å²) in [6.45, 7) is 3.48. The summed E-state index contributed by atoms with van der Waals surface area (Å²) in [6, 6.07) is 17.2. The zero-order valence-electron chi connectivity index (χ0n) is 21.5. The zero-order chi connectivity index (χ0) is 26.1. The van der Waals surface area contributed by atoms with Crippen LogP contribution in [0.5, 0.6) is 0 Å². The number of nitrogens with zero attached hydrogens (tertiary/aromatic N) is 2. The third-order valence-corrected chi connectivity index (χ3v) is 9.12. The van der Waals surface area contributed by atoms with E-state index in [1.54, 1.807) is 12.1 Å². The largest absolute Gasteiger partial charge is 0.371 e. The fourth-order valence-electron chi connectivity index (χ4n) is 6.69. The van der Waals surface area contributed by atoms with E-state index in [-0.39, 0.29) is 29.1 Å². The quantitative estimate of drug-likeness (QED) is 0.443. The summed E-state index contributed by atoms with van der Waals surface area (Å²) < 4.78 is 0. The molecule has 0 saturated carbocycles. The molecule has 3 aliphatic rings. The summed E-state index contributed by atoms with van der Waals surface area (Å²) in [5.41, 5.74) is 4.62. The normalized spacial score (nSPS) is 24.7. The molecule has 0 radical (unpaired) electrons. The fraction of sp³-hybridized carbons (Fsp3) is 0.387. The lowest BCUT2D eigenvalue weighted by atomic mass is 9.67. The second-order valence-electron chi connectivity index (χ2n) is 10.9. The van der Waals surface area contributed by atoms with Crippen LogP contribution in [0.4, 0.5) is 5.69 Å². The third kappa shape index (κ3) is 4.72. The van der Waals surface area contributed by atoms with Crippen LogP contribution in [-0.4, -0.2) is 42.9 Å². The Bertz CT molecular complexity index is 1350. The molecular formula is C31H33ClN4O2. The van der Waals surface area contributed by atoms with Crippen molar-refractivity contribution in [1.29, 1.82) is 0 Å². The molecule has 38 heavy (non-hydrogen) atoms. The average Bonchev–Trinajstić information content (AvgIpc) is 3.37. The van der Waals surface area contributed by atoms with Gasteiger partial charge in [0.2, 0.25) is 0 Å². The van der Waals surface area contributed by atoms with Gasteiger partial charge in [-0.15, -0.1) is 0 Å². The van der Waals surface area contributed by atoms with Gasteiger partial charge in [-0.1, -0.05) is 35.9 Å². The molecule has 1 aromatic heterocycles. The number of rotatable bonds is 5. The van der Waals surface area contributed by atoms with Crippen molar-refractivity contribution in [3.63, 3.8) is 0 Å². The lowest BCUT2D eigenvalue weighted by molar-refractivity contribution is 0.0693. The Kier molecular flexibility index (Phi) is 6.93. The van der Waals surface area contributed by atoms with Crippen LogP contribution in [0, 0.1) is 11.3 Å². The Morgan fingerprint density at radius 1 is 1.08 bits per heavy atom. The first-order chi connectivity index (χ1) is 18.5. The van der Waals surface area contributed by atoms with E-state index in [1.165, 1.54) is 11.3 Å². The topological polar surface area (TPSA) is 74.3 Å². The average molecular weight is 529 g/mol. The smallest absolute Gasteiger partial charge is 0.253 e. The summed E-state index contributed by atoms with van der Waals surface area (Å²) in [7, 11) is 0. The number of benzene rings is 2. The number of halogens is 1. The van der Waals surface area contributed by atoms with Crippen molar-refractivity contribution in [2.75, 3.05) is 31.1 Å². The second kappa shape index (κ2) is 10.5. The number of hydrogen-bond acceptors (Lipinski definition) is 5. The number of carbonyl (C=O) groups excluding carboxylic acids is 2. The second-order valence-corrected chi connectivity index (χ2v) is 11.3. The van der Waals surface area contributed by atoms with Crippen molar-refractivity contribution in [1.82, 2.24) is 15.6 Å². The van der Waals surface area contributed by atoms with Crippen LogP contribution in [0.15, 0.2) is 67.0 Å². The SMILES string of the molecule is O=C(N[C@@H]1CCCc2ccc(C(=O)C3CNCCC34CCN(c3ccncc3)C4)cc21)c1ccccc1Cl. The number of Topliss-reactive ketones (excluding diaryl/α,β-unsaturated/α-hetero) is 1. The highest BCUT2D eigenvalue weighted by Crippen LogP contribution is 2.45. The molecule has 2 N–H and O–H groups in total. The number of aromatic nitrogens is 1. The highest BCUT2D eigenvalue weighted by molar-refractivity contribution is 6.33. The number of carbonyl (C=O) groups is 2. The Morgan fingerprint density at radius 3 is 2.76 bits per heavy atom. The van der Waals surface area contributed by atoms with Gasteiger partial charge in [0.05, 0.1) is 16.6 Å². The van der Waals surface area contributed by atoms with Gasteiger partial charge in [-0.3, -0.25) is 14.6 Å². The van der Waals surface area contributed by atoms with E-state index in [1.807, 2.05) is 36.7 Å². The summed E-state index contributed by atoms with van der Waals surface area (Å²) >= 11 is 6.28. The lowest BCUT2D eigenvalue weighted by Crippen LogP contribution is -2.50. The van der Waals surface area contributed by atoms with E-state index in [2.05, 4.69) is 38.7 Å². The summed E-state index contributed by atoms with van der Waals surface area (Å²) in [5.74, 6) is -0.0537. The standard InChI is InChI=1S/C31H33ClN4O2/c32-27-6-2-1-5-24(27)30(38)35-28-7-3-4-21-8-9-22(18-25(21)28)29(37)26-19-34-16-12-31(26)13-17-36(20-31)23-10-14-33-15-11-23/h1-2,5-6,8-11,14-15,18,26,28,34H,3-4,7,12-13,16-17,19-20H2,(H,35,38)/t26?,28-,31?/m1/s1. The van der Waals surface area contributed by atoms with Crippen molar-refractivity contribution in [3.05, 3.63) is 94.3 Å². The van der Waals surface area contributed by atoms with E-state index < -0.39 is 0 Å². The predicted molar refractivity (Wildman–Crippen MR) is 150 cm³/mol. The van der Waals surface area contributed by atoms with E-state index in [9.17, 15) is 9.59 Å². The molecule has 6 rings (SSSR count). The van der Waals surface area contributed by atoms with Crippen molar-refractivity contribution < 1.29 is 9.59 Å². The van der Waals surface area contributed by atoms with Crippen LogP contribution in [0.2, 0.25) is 5.02 Å². The van der Waals surface area contributed by atoms with E-state index in [0.29, 0.717) is 17.1 Å². The van der Waals surface area contributed by atoms with Crippen LogP contribution in [0.1, 0.15) is 63.6 Å². The van der Waals surface area contributed by atoms with Gasteiger partial charge in [-0.2, -0.15) is 0 Å². The van der Waals surface area contributed by atoms with Gasteiger partial charge in [0.1, 0.15) is 0 Å². The fourth-order valence-corrected chi connectivity index (χ4v) is 6.91. The van der Waals surface area contributed by atoms with Crippen LogP contribution < -0.4 is 15.5 Å². The molecule has 3 heterocycles. The highest BCUT2D eigenvalue weighted by Gasteiger charge is 2.49. The number of fused-ring (bicyclic) bond motifs is 1. The molecule has 2 aliphatic heterocycles. The van der Waals surface area contributed by atoms with Crippen LogP contribution in [-0.2, 0) is 6.42 Å². The lowest BCUT2D eigenvalue weighted by Gasteiger charge is -2.41. The van der Waals surface area contributed by atoms with Gasteiger partial charge >= 0.3 is 0 Å². The minimum absolute atomic E-state index is 0.0425. The number of ketones is 1. The summed E-state index contributed by atoms with van der Waals surface area (Å²) in [5, 5.41) is 7.13. The monoisotopic (exact) mass is 528 g/mol. The molecule has 2 saturated heterocycles. The molecule has 0 bridgehead atoms. The predicted octanol–water partition coefficient (Wildman–Crippen LogP) is 5.23. The molecule has 3 atom stereocenters. The minimum Gasteiger partial charge on any atom is -0.371 e. The number of amides is 1. The highest BCUT2D eigenvalue weighted by atomic mass is 35.5. The van der Waals surface area contributed by atoms with Crippen LogP contribution in [0.25, 0.3) is 0 Å². The molecule has 2 aromatic carbocycles. The van der Waals surface area contributed by atoms with E-state index >= 15 is 0 Å². The Hall–Kier alpha value is -3.22. The van der Waals surface area contributed by atoms with Gasteiger partial charge < -0.3 is 15.5 Å². The number of piperidine rings is 1. The third-order valence-electron chi connectivity index (χ3n) is 8.79. The molecule has 196 valence electrons. The maximum atomic E-state index is 14.1. The Morgan fingerprint density at radius 2 is 1.92 bits per heavy atom. The maximum Gasteiger partial charge on any atom is 0.253 e. The van der Waals surface area contributed by atoms with Crippen molar-refractivity contribution in [2.45, 2.75) is 38.1 Å². The molecule has 2 fully saturated rings.